The van der Waals surface area contributed by atoms with Crippen molar-refractivity contribution in [1.82, 2.24) is 15.2 Å². The number of hydrazine groups is 1. The molecule has 2 amide bonds. The number of nitrogens with one attached hydrogen (secondary N) is 2. The van der Waals surface area contributed by atoms with Crippen LogP contribution >= 0.6 is 0 Å². The highest BCUT2D eigenvalue weighted by atomic mass is 32.2. The number of hydrogen-bond donors (Lipinski definition) is 2. The number of carbonyl (C=O) groups is 2. The second-order valence-electron chi connectivity index (χ2n) is 6.88. The van der Waals surface area contributed by atoms with E-state index in [-0.39, 0.29) is 22.8 Å². The van der Waals surface area contributed by atoms with Crippen molar-refractivity contribution in [3.63, 3.8) is 0 Å². The van der Waals surface area contributed by atoms with Gasteiger partial charge in [-0.25, -0.2) is 8.42 Å². The third kappa shape index (κ3) is 7.08. The monoisotopic (exact) mass is 447 g/mol. The summed E-state index contributed by atoms with van der Waals surface area (Å²) < 4.78 is 32.1. The largest absolute Gasteiger partial charge is 0.494 e. The number of ether oxygens (including phenoxy) is 1. The first-order valence-corrected chi connectivity index (χ1v) is 11.6. The lowest BCUT2D eigenvalue weighted by atomic mass is 10.2. The number of sulfonamides is 1. The number of aryl methyl sites for hydroxylation is 1. The van der Waals surface area contributed by atoms with Crippen LogP contribution in [-0.2, 0) is 14.8 Å². The standard InChI is InChI=1S/C22H29N3O5S/c1-4-25(5-2)31(28,29)20-9-6-8-18(16-20)22(27)24-23-21(26)10-7-15-30-19-13-11-17(3)12-14-19/h6,8-9,11-14,16H,4-5,7,10,15H2,1-3H3,(H,23,26)(H,24,27). The second-order valence-corrected chi connectivity index (χ2v) is 8.82. The van der Waals surface area contributed by atoms with Crippen LogP contribution in [0.3, 0.4) is 0 Å². The molecule has 9 heteroatoms. The van der Waals surface area contributed by atoms with Gasteiger partial charge in [-0.1, -0.05) is 37.6 Å². The van der Waals surface area contributed by atoms with Crippen LogP contribution in [0.2, 0.25) is 0 Å². The summed E-state index contributed by atoms with van der Waals surface area (Å²) in [7, 11) is -3.68. The zero-order valence-electron chi connectivity index (χ0n) is 18.1. The minimum atomic E-state index is -3.68. The van der Waals surface area contributed by atoms with Crippen LogP contribution in [0.15, 0.2) is 53.4 Å². The Hall–Kier alpha value is -2.91. The molecule has 0 spiro atoms. The molecule has 8 nitrogen and oxygen atoms in total. The van der Waals surface area contributed by atoms with Crippen LogP contribution < -0.4 is 15.6 Å². The molecule has 0 bridgehead atoms. The number of carbonyl (C=O) groups excluding carboxylic acids is 2. The molecule has 0 unspecified atom stereocenters. The summed E-state index contributed by atoms with van der Waals surface area (Å²) in [4.78, 5) is 24.3. The van der Waals surface area contributed by atoms with Crippen molar-refractivity contribution in [3.05, 3.63) is 59.7 Å². The first-order chi connectivity index (χ1) is 14.8. The predicted molar refractivity (Wildman–Crippen MR) is 118 cm³/mol. The molecule has 0 aliphatic heterocycles. The molecule has 2 aromatic carbocycles. The summed E-state index contributed by atoms with van der Waals surface area (Å²) in [6.45, 7) is 6.52. The van der Waals surface area contributed by atoms with Gasteiger partial charge in [0.2, 0.25) is 15.9 Å². The minimum absolute atomic E-state index is 0.0310. The lowest BCUT2D eigenvalue weighted by Gasteiger charge is -2.18. The predicted octanol–water partition coefficient (Wildman–Crippen LogP) is 2.65. The van der Waals surface area contributed by atoms with Crippen molar-refractivity contribution in [2.24, 2.45) is 0 Å². The average molecular weight is 448 g/mol. The van der Waals surface area contributed by atoms with Crippen LogP contribution in [0.25, 0.3) is 0 Å². The topological polar surface area (TPSA) is 105 Å². The van der Waals surface area contributed by atoms with Crippen molar-refractivity contribution < 1.29 is 22.7 Å². The quantitative estimate of drug-likeness (QED) is 0.430. The van der Waals surface area contributed by atoms with Crippen molar-refractivity contribution in [2.75, 3.05) is 19.7 Å². The van der Waals surface area contributed by atoms with Crippen LogP contribution in [0.5, 0.6) is 5.75 Å². The Labute approximate surface area is 183 Å². The highest BCUT2D eigenvalue weighted by molar-refractivity contribution is 7.89. The molecular formula is C22H29N3O5S. The summed E-state index contributed by atoms with van der Waals surface area (Å²) in [5.41, 5.74) is 5.92. The van der Waals surface area contributed by atoms with Crippen LogP contribution in [0.4, 0.5) is 0 Å². The molecule has 2 rings (SSSR count). The molecule has 0 aliphatic rings. The molecule has 0 atom stereocenters. The molecule has 2 aromatic rings. The molecule has 0 heterocycles. The highest BCUT2D eigenvalue weighted by Crippen LogP contribution is 2.17. The van der Waals surface area contributed by atoms with Gasteiger partial charge in [0, 0.05) is 25.1 Å². The molecule has 0 saturated heterocycles. The Morgan fingerprint density at radius 1 is 1.00 bits per heavy atom. The Kier molecular flexibility index (Phi) is 9.02. The van der Waals surface area contributed by atoms with E-state index in [1.54, 1.807) is 13.8 Å². The van der Waals surface area contributed by atoms with Crippen LogP contribution in [-0.4, -0.2) is 44.2 Å². The Bertz CT molecular complexity index is 986. The molecule has 31 heavy (non-hydrogen) atoms. The van der Waals surface area contributed by atoms with Gasteiger partial charge < -0.3 is 4.74 Å². The Balaban J connectivity index is 1.82. The van der Waals surface area contributed by atoms with Crippen molar-refractivity contribution in [2.45, 2.75) is 38.5 Å². The van der Waals surface area contributed by atoms with Crippen molar-refractivity contribution in [1.29, 1.82) is 0 Å². The van der Waals surface area contributed by atoms with Crippen LogP contribution in [0.1, 0.15) is 42.6 Å². The molecule has 2 N–H and O–H groups in total. The third-order valence-corrected chi connectivity index (χ3v) is 6.64. The molecule has 0 aliphatic carbocycles. The van der Waals surface area contributed by atoms with Gasteiger partial charge in [0.05, 0.1) is 11.5 Å². The summed E-state index contributed by atoms with van der Waals surface area (Å²) >= 11 is 0. The fourth-order valence-corrected chi connectivity index (χ4v) is 4.33. The average Bonchev–Trinajstić information content (AvgIpc) is 2.77. The van der Waals surface area contributed by atoms with E-state index < -0.39 is 15.9 Å². The number of rotatable bonds is 10. The maximum absolute atomic E-state index is 12.6. The van der Waals surface area contributed by atoms with E-state index in [0.29, 0.717) is 26.1 Å². The molecule has 0 aromatic heterocycles. The van der Waals surface area contributed by atoms with Gasteiger partial charge in [-0.05, 0) is 43.7 Å². The maximum atomic E-state index is 12.6. The van der Waals surface area contributed by atoms with Gasteiger partial charge in [-0.3, -0.25) is 20.4 Å². The highest BCUT2D eigenvalue weighted by Gasteiger charge is 2.22. The SMILES string of the molecule is CCN(CC)S(=O)(=O)c1cccc(C(=O)NNC(=O)CCCOc2ccc(C)cc2)c1. The van der Waals surface area contributed by atoms with Gasteiger partial charge in [-0.2, -0.15) is 4.31 Å². The van der Waals surface area contributed by atoms with Gasteiger partial charge in [0.25, 0.3) is 5.91 Å². The smallest absolute Gasteiger partial charge is 0.269 e. The van der Waals surface area contributed by atoms with Gasteiger partial charge in [0.15, 0.2) is 0 Å². The fourth-order valence-electron chi connectivity index (χ4n) is 2.83. The summed E-state index contributed by atoms with van der Waals surface area (Å²) in [6, 6.07) is 13.3. The third-order valence-electron chi connectivity index (χ3n) is 4.59. The van der Waals surface area contributed by atoms with E-state index in [9.17, 15) is 18.0 Å². The number of amides is 2. The number of nitrogens with zero attached hydrogens (tertiary/aromatic N) is 1. The molecular weight excluding hydrogens is 418 g/mol. The van der Waals surface area contributed by atoms with Crippen molar-refractivity contribution >= 4 is 21.8 Å². The summed E-state index contributed by atoms with van der Waals surface area (Å²) in [5.74, 6) is -0.229. The lowest BCUT2D eigenvalue weighted by molar-refractivity contribution is -0.122. The summed E-state index contributed by atoms with van der Waals surface area (Å²) in [5, 5.41) is 0. The Morgan fingerprint density at radius 2 is 1.68 bits per heavy atom. The zero-order chi connectivity index (χ0) is 22.9. The lowest BCUT2D eigenvalue weighted by Crippen LogP contribution is -2.41. The molecule has 0 radical (unpaired) electrons. The Morgan fingerprint density at radius 3 is 2.32 bits per heavy atom. The first kappa shape index (κ1) is 24.4. The van der Waals surface area contributed by atoms with Crippen LogP contribution in [0, 0.1) is 6.92 Å². The zero-order valence-corrected chi connectivity index (χ0v) is 18.9. The van der Waals surface area contributed by atoms with E-state index in [0.717, 1.165) is 11.3 Å². The van der Waals surface area contributed by atoms with Gasteiger partial charge in [0.1, 0.15) is 5.75 Å². The number of hydrogen-bond acceptors (Lipinski definition) is 5. The van der Waals surface area contributed by atoms with E-state index in [2.05, 4.69) is 10.9 Å². The van der Waals surface area contributed by atoms with Crippen molar-refractivity contribution in [3.8, 4) is 5.75 Å². The van der Waals surface area contributed by atoms with Gasteiger partial charge in [-0.15, -0.1) is 0 Å². The van der Waals surface area contributed by atoms with E-state index in [1.165, 1.54) is 28.6 Å². The van der Waals surface area contributed by atoms with E-state index in [1.807, 2.05) is 31.2 Å². The van der Waals surface area contributed by atoms with E-state index in [4.69, 9.17) is 4.74 Å². The normalized spacial score (nSPS) is 11.2. The fraction of sp³-hybridized carbons (Fsp3) is 0.364. The first-order valence-electron chi connectivity index (χ1n) is 10.2. The number of benzene rings is 2. The second kappa shape index (κ2) is 11.5. The van der Waals surface area contributed by atoms with Gasteiger partial charge >= 0.3 is 0 Å². The molecule has 168 valence electrons. The summed E-state index contributed by atoms with van der Waals surface area (Å²) in [6.07, 6.45) is 0.649. The van der Waals surface area contributed by atoms with E-state index >= 15 is 0 Å². The minimum Gasteiger partial charge on any atom is -0.494 e. The molecule has 0 fully saturated rings. The maximum Gasteiger partial charge on any atom is 0.269 e. The molecule has 0 saturated carbocycles.